The summed E-state index contributed by atoms with van der Waals surface area (Å²) >= 11 is 1.66. The van der Waals surface area contributed by atoms with Crippen molar-refractivity contribution in [1.82, 2.24) is 0 Å². The molecule has 0 spiro atoms. The monoisotopic (exact) mass is 367 g/mol. The van der Waals surface area contributed by atoms with Crippen LogP contribution in [0.25, 0.3) is 0 Å². The lowest BCUT2D eigenvalue weighted by atomic mass is 10.2. The van der Waals surface area contributed by atoms with Gasteiger partial charge in [0.15, 0.2) is 18.2 Å². The van der Waals surface area contributed by atoms with Crippen LogP contribution in [0, 0.1) is 11.6 Å². The van der Waals surface area contributed by atoms with Gasteiger partial charge in [-0.25, -0.2) is 8.78 Å². The van der Waals surface area contributed by atoms with Gasteiger partial charge in [0.25, 0.3) is 5.91 Å². The van der Waals surface area contributed by atoms with Crippen molar-refractivity contribution in [2.24, 2.45) is 0 Å². The van der Waals surface area contributed by atoms with Crippen molar-refractivity contribution in [3.63, 3.8) is 0 Å². The molecule has 25 heavy (non-hydrogen) atoms. The predicted molar refractivity (Wildman–Crippen MR) is 92.7 cm³/mol. The third-order valence-electron chi connectivity index (χ3n) is 4.16. The molecule has 0 saturated carbocycles. The van der Waals surface area contributed by atoms with Crippen LogP contribution in [0.2, 0.25) is 0 Å². The van der Waals surface area contributed by atoms with E-state index in [4.69, 9.17) is 4.74 Å². The second kappa shape index (κ2) is 8.51. The first kappa shape index (κ1) is 18.0. The van der Waals surface area contributed by atoms with Crippen molar-refractivity contribution in [3.05, 3.63) is 52.2 Å². The summed E-state index contributed by atoms with van der Waals surface area (Å²) in [6.45, 7) is 2.51. The van der Waals surface area contributed by atoms with Gasteiger partial charge >= 0.3 is 0 Å². The van der Waals surface area contributed by atoms with Gasteiger partial charge in [0.2, 0.25) is 0 Å². The second-order valence-electron chi connectivity index (χ2n) is 6.20. The van der Waals surface area contributed by atoms with Gasteiger partial charge in [-0.2, -0.15) is 0 Å². The number of quaternary nitrogens is 1. The smallest absolute Gasteiger partial charge is 0.279 e. The van der Waals surface area contributed by atoms with Crippen molar-refractivity contribution in [1.29, 1.82) is 0 Å². The second-order valence-corrected chi connectivity index (χ2v) is 7.23. The van der Waals surface area contributed by atoms with E-state index in [9.17, 15) is 13.6 Å². The lowest BCUT2D eigenvalue weighted by Crippen LogP contribution is -3.12. The first-order chi connectivity index (χ1) is 12.1. The molecule has 0 aliphatic carbocycles. The van der Waals surface area contributed by atoms with Crippen LogP contribution in [-0.4, -0.2) is 31.7 Å². The van der Waals surface area contributed by atoms with Gasteiger partial charge in [-0.05, 0) is 36.4 Å². The van der Waals surface area contributed by atoms with Crippen molar-refractivity contribution >= 4 is 22.9 Å². The Morgan fingerprint density at radius 1 is 1.32 bits per heavy atom. The van der Waals surface area contributed by atoms with E-state index in [0.29, 0.717) is 0 Å². The van der Waals surface area contributed by atoms with Gasteiger partial charge in [0.05, 0.1) is 4.88 Å². The Bertz CT molecular complexity index is 703. The molecule has 2 atom stereocenters. The topological polar surface area (TPSA) is 42.8 Å². The number of hydrogen-bond acceptors (Lipinski definition) is 3. The molecule has 1 aliphatic heterocycles. The molecule has 3 rings (SSSR count). The highest BCUT2D eigenvalue weighted by Gasteiger charge is 2.24. The lowest BCUT2D eigenvalue weighted by molar-refractivity contribution is -0.908. The zero-order valence-electron chi connectivity index (χ0n) is 13.8. The van der Waals surface area contributed by atoms with Gasteiger partial charge < -0.3 is 15.0 Å². The maximum Gasteiger partial charge on any atom is 0.279 e. The number of thiophene rings is 1. The Balaban J connectivity index is 1.61. The number of carbonyl (C=O) groups excluding carboxylic acids is 1. The quantitative estimate of drug-likeness (QED) is 0.788. The standard InChI is InChI=1S/C18H20F2N2O2S/c19-16-6-5-13(9-17(16)20)21-18(23)12-22(10-14-3-1-7-24-14)11-15-4-2-8-25-15/h2,4-6,8-9,14H,1,3,7,10-12H2,(H,21,23)/p+1/t14-/m1/s1. The molecule has 2 heterocycles. The number of carbonyl (C=O) groups is 1. The number of halogens is 2. The molecule has 1 amide bonds. The average Bonchev–Trinajstić information content (AvgIpc) is 3.25. The maximum atomic E-state index is 13.3. The van der Waals surface area contributed by atoms with E-state index in [2.05, 4.69) is 5.32 Å². The largest absolute Gasteiger partial charge is 0.372 e. The highest BCUT2D eigenvalue weighted by Crippen LogP contribution is 2.13. The van der Waals surface area contributed by atoms with Crippen LogP contribution in [0.5, 0.6) is 0 Å². The molecule has 0 radical (unpaired) electrons. The molecule has 0 bridgehead atoms. The van der Waals surface area contributed by atoms with Crippen molar-refractivity contribution in [2.45, 2.75) is 25.5 Å². The summed E-state index contributed by atoms with van der Waals surface area (Å²) in [7, 11) is 0. The Morgan fingerprint density at radius 3 is 2.88 bits per heavy atom. The van der Waals surface area contributed by atoms with Crippen LogP contribution < -0.4 is 10.2 Å². The molecule has 1 saturated heterocycles. The minimum Gasteiger partial charge on any atom is -0.372 e. The van der Waals surface area contributed by atoms with Crippen LogP contribution in [0.15, 0.2) is 35.7 Å². The summed E-state index contributed by atoms with van der Waals surface area (Å²) in [5.74, 6) is -2.13. The van der Waals surface area contributed by atoms with Crippen molar-refractivity contribution in [2.75, 3.05) is 25.0 Å². The summed E-state index contributed by atoms with van der Waals surface area (Å²) in [6.07, 6.45) is 2.24. The van der Waals surface area contributed by atoms with E-state index in [1.54, 1.807) is 11.3 Å². The Hall–Kier alpha value is -1.83. The van der Waals surface area contributed by atoms with Gasteiger partial charge in [-0.3, -0.25) is 4.79 Å². The van der Waals surface area contributed by atoms with E-state index in [1.165, 1.54) is 10.9 Å². The number of amides is 1. The molecule has 2 aromatic rings. The number of benzene rings is 1. The van der Waals surface area contributed by atoms with E-state index in [-0.39, 0.29) is 24.2 Å². The third kappa shape index (κ3) is 5.32. The van der Waals surface area contributed by atoms with Crippen LogP contribution in [0.3, 0.4) is 0 Å². The number of anilines is 1. The van der Waals surface area contributed by atoms with E-state index >= 15 is 0 Å². The highest BCUT2D eigenvalue weighted by atomic mass is 32.1. The first-order valence-corrected chi connectivity index (χ1v) is 9.20. The van der Waals surface area contributed by atoms with Gasteiger partial charge in [-0.15, -0.1) is 11.3 Å². The fourth-order valence-electron chi connectivity index (χ4n) is 3.00. The van der Waals surface area contributed by atoms with Crippen molar-refractivity contribution < 1.29 is 23.2 Å². The molecule has 1 unspecified atom stereocenters. The summed E-state index contributed by atoms with van der Waals surface area (Å²) in [4.78, 5) is 14.6. The zero-order chi connectivity index (χ0) is 17.6. The van der Waals surface area contributed by atoms with E-state index in [0.717, 1.165) is 49.6 Å². The third-order valence-corrected chi connectivity index (χ3v) is 5.03. The molecule has 1 aromatic carbocycles. The first-order valence-electron chi connectivity index (χ1n) is 8.32. The number of nitrogens with one attached hydrogen (secondary N) is 2. The molecule has 2 N–H and O–H groups in total. The molecule has 1 aliphatic rings. The molecule has 4 nitrogen and oxygen atoms in total. The fourth-order valence-corrected chi connectivity index (χ4v) is 3.78. The summed E-state index contributed by atoms with van der Waals surface area (Å²) < 4.78 is 31.9. The number of ether oxygens (including phenoxy) is 1. The Morgan fingerprint density at radius 2 is 2.20 bits per heavy atom. The highest BCUT2D eigenvalue weighted by molar-refractivity contribution is 7.09. The SMILES string of the molecule is O=C(C[NH+](Cc1cccs1)C[C@H]1CCCO1)Nc1ccc(F)c(F)c1. The predicted octanol–water partition coefficient (Wildman–Crippen LogP) is 2.23. The molecule has 1 fully saturated rings. The van der Waals surface area contributed by atoms with Crippen LogP contribution in [-0.2, 0) is 16.1 Å². The van der Waals surface area contributed by atoms with Crippen LogP contribution in [0.1, 0.15) is 17.7 Å². The normalized spacial score (nSPS) is 18.2. The number of rotatable bonds is 7. The van der Waals surface area contributed by atoms with Crippen LogP contribution in [0.4, 0.5) is 14.5 Å². The summed E-state index contributed by atoms with van der Waals surface area (Å²) in [5.41, 5.74) is 0.261. The molecule has 134 valence electrons. The van der Waals surface area contributed by atoms with Crippen molar-refractivity contribution in [3.8, 4) is 0 Å². The maximum absolute atomic E-state index is 13.3. The van der Waals surface area contributed by atoms with Gasteiger partial charge in [0.1, 0.15) is 19.2 Å². The molecule has 7 heteroatoms. The van der Waals surface area contributed by atoms with E-state index < -0.39 is 11.6 Å². The summed E-state index contributed by atoms with van der Waals surface area (Å²) in [6, 6.07) is 7.40. The fraction of sp³-hybridized carbons (Fsp3) is 0.389. The van der Waals surface area contributed by atoms with E-state index in [1.807, 2.05) is 17.5 Å². The zero-order valence-corrected chi connectivity index (χ0v) is 14.6. The number of hydrogen-bond donors (Lipinski definition) is 2. The molecular formula is C18H21F2N2O2S+. The average molecular weight is 367 g/mol. The minimum absolute atomic E-state index is 0.172. The van der Waals surface area contributed by atoms with Gasteiger partial charge in [0, 0.05) is 18.4 Å². The van der Waals surface area contributed by atoms with Crippen LogP contribution >= 0.6 is 11.3 Å². The Kier molecular flexibility index (Phi) is 6.12. The summed E-state index contributed by atoms with van der Waals surface area (Å²) in [5, 5.41) is 4.66. The molecule has 1 aromatic heterocycles. The Labute approximate surface area is 149 Å². The minimum atomic E-state index is -0.972. The molecular weight excluding hydrogens is 346 g/mol. The lowest BCUT2D eigenvalue weighted by Gasteiger charge is -2.21. The van der Waals surface area contributed by atoms with Gasteiger partial charge in [-0.1, -0.05) is 6.07 Å².